The van der Waals surface area contributed by atoms with E-state index in [4.69, 9.17) is 0 Å². The summed E-state index contributed by atoms with van der Waals surface area (Å²) in [6, 6.07) is 8.83. The molecule has 1 saturated heterocycles. The molecule has 1 aliphatic heterocycles. The van der Waals surface area contributed by atoms with Crippen LogP contribution in [0.4, 0.5) is 0 Å². The standard InChI is InChI=1S/C11H11NO/c13-11-6-9-8-4-2-1-3-7(8)5-10(9)12-11/h1-4,9-10H,5-6H2,(H,12,13). The summed E-state index contributed by atoms with van der Waals surface area (Å²) in [6.45, 7) is 0. The van der Waals surface area contributed by atoms with Crippen molar-refractivity contribution in [1.29, 1.82) is 0 Å². The molecule has 1 aromatic rings. The van der Waals surface area contributed by atoms with E-state index >= 15 is 0 Å². The predicted octanol–water partition coefficient (Wildman–Crippen LogP) is 1.21. The van der Waals surface area contributed by atoms with Crippen LogP contribution in [0.15, 0.2) is 24.3 Å². The normalized spacial score (nSPS) is 29.7. The van der Waals surface area contributed by atoms with Gasteiger partial charge in [0.15, 0.2) is 0 Å². The van der Waals surface area contributed by atoms with Crippen LogP contribution < -0.4 is 5.32 Å². The van der Waals surface area contributed by atoms with Gasteiger partial charge in [0.1, 0.15) is 0 Å². The maximum Gasteiger partial charge on any atom is 0.220 e. The molecule has 0 spiro atoms. The highest BCUT2D eigenvalue weighted by molar-refractivity contribution is 5.81. The summed E-state index contributed by atoms with van der Waals surface area (Å²) in [7, 11) is 0. The van der Waals surface area contributed by atoms with Crippen LogP contribution in [0, 0.1) is 0 Å². The van der Waals surface area contributed by atoms with Gasteiger partial charge >= 0.3 is 0 Å². The number of rotatable bonds is 0. The van der Waals surface area contributed by atoms with Gasteiger partial charge in [0, 0.05) is 18.4 Å². The summed E-state index contributed by atoms with van der Waals surface area (Å²) in [4.78, 5) is 11.2. The van der Waals surface area contributed by atoms with Gasteiger partial charge in [-0.05, 0) is 17.5 Å². The molecule has 3 rings (SSSR count). The van der Waals surface area contributed by atoms with Crippen LogP contribution in [-0.2, 0) is 11.2 Å². The molecule has 0 bridgehead atoms. The van der Waals surface area contributed by atoms with Crippen LogP contribution in [0.1, 0.15) is 23.5 Å². The summed E-state index contributed by atoms with van der Waals surface area (Å²) in [5.41, 5.74) is 2.79. The average Bonchev–Trinajstić information content (AvgIpc) is 2.60. The van der Waals surface area contributed by atoms with E-state index in [-0.39, 0.29) is 5.91 Å². The molecular weight excluding hydrogens is 162 g/mol. The molecule has 1 N–H and O–H groups in total. The fourth-order valence-electron chi connectivity index (χ4n) is 2.55. The molecule has 1 aliphatic carbocycles. The minimum Gasteiger partial charge on any atom is -0.352 e. The monoisotopic (exact) mass is 173 g/mol. The lowest BCUT2D eigenvalue weighted by molar-refractivity contribution is -0.119. The molecule has 2 heteroatoms. The highest BCUT2D eigenvalue weighted by Gasteiger charge is 2.39. The fourth-order valence-corrected chi connectivity index (χ4v) is 2.55. The van der Waals surface area contributed by atoms with Gasteiger partial charge in [0.2, 0.25) is 5.91 Å². The maximum atomic E-state index is 11.2. The van der Waals surface area contributed by atoms with Gasteiger partial charge < -0.3 is 5.32 Å². The van der Waals surface area contributed by atoms with Gasteiger partial charge in [0.25, 0.3) is 0 Å². The zero-order valence-corrected chi connectivity index (χ0v) is 7.29. The van der Waals surface area contributed by atoms with E-state index in [1.165, 1.54) is 11.1 Å². The first-order valence-corrected chi connectivity index (χ1v) is 4.72. The molecule has 0 saturated carbocycles. The Morgan fingerprint density at radius 2 is 2.08 bits per heavy atom. The van der Waals surface area contributed by atoms with Crippen molar-refractivity contribution in [2.24, 2.45) is 0 Å². The Balaban J connectivity index is 2.06. The van der Waals surface area contributed by atoms with Crippen LogP contribution in [-0.4, -0.2) is 11.9 Å². The minimum absolute atomic E-state index is 0.213. The Labute approximate surface area is 77.0 Å². The van der Waals surface area contributed by atoms with E-state index in [2.05, 4.69) is 29.6 Å². The smallest absolute Gasteiger partial charge is 0.220 e. The second kappa shape index (κ2) is 2.34. The number of nitrogens with one attached hydrogen (secondary N) is 1. The lowest BCUT2D eigenvalue weighted by atomic mass is 9.98. The Bertz CT molecular complexity index is 372. The van der Waals surface area contributed by atoms with Gasteiger partial charge in [0.05, 0.1) is 0 Å². The first kappa shape index (κ1) is 7.13. The number of amides is 1. The molecule has 1 amide bonds. The SMILES string of the molecule is O=C1CC2c3ccccc3CC2N1. The maximum absolute atomic E-state index is 11.2. The topological polar surface area (TPSA) is 29.1 Å². The third-order valence-corrected chi connectivity index (χ3v) is 3.13. The lowest BCUT2D eigenvalue weighted by Gasteiger charge is -2.06. The van der Waals surface area contributed by atoms with Crippen LogP contribution in [0.2, 0.25) is 0 Å². The molecule has 1 fully saturated rings. The molecule has 1 heterocycles. The molecule has 66 valence electrons. The number of benzene rings is 1. The Morgan fingerprint density at radius 1 is 1.23 bits per heavy atom. The number of hydrogen-bond donors (Lipinski definition) is 1. The van der Waals surface area contributed by atoms with Crippen molar-refractivity contribution in [3.05, 3.63) is 35.4 Å². The van der Waals surface area contributed by atoms with Gasteiger partial charge in [-0.25, -0.2) is 0 Å². The first-order chi connectivity index (χ1) is 6.34. The second-order valence-electron chi connectivity index (χ2n) is 3.89. The predicted molar refractivity (Wildman–Crippen MR) is 49.4 cm³/mol. The molecule has 2 aliphatic rings. The van der Waals surface area contributed by atoms with Crippen LogP contribution in [0.3, 0.4) is 0 Å². The van der Waals surface area contributed by atoms with Gasteiger partial charge in [-0.2, -0.15) is 0 Å². The van der Waals surface area contributed by atoms with Gasteiger partial charge in [-0.15, -0.1) is 0 Å². The molecule has 0 radical (unpaired) electrons. The minimum atomic E-state index is 0.213. The van der Waals surface area contributed by atoms with Crippen LogP contribution >= 0.6 is 0 Å². The van der Waals surface area contributed by atoms with Crippen LogP contribution in [0.5, 0.6) is 0 Å². The summed E-state index contributed by atoms with van der Waals surface area (Å²) in [5, 5.41) is 3.02. The number of carbonyl (C=O) groups excluding carboxylic acids is 1. The molecule has 2 unspecified atom stereocenters. The third-order valence-electron chi connectivity index (χ3n) is 3.13. The number of carbonyl (C=O) groups is 1. The summed E-state index contributed by atoms with van der Waals surface area (Å²) < 4.78 is 0. The van der Waals surface area contributed by atoms with Crippen molar-refractivity contribution in [2.45, 2.75) is 24.8 Å². The molecule has 0 aromatic heterocycles. The summed E-state index contributed by atoms with van der Waals surface area (Å²) in [5.74, 6) is 0.660. The van der Waals surface area contributed by atoms with Crippen molar-refractivity contribution in [3.63, 3.8) is 0 Å². The van der Waals surface area contributed by atoms with E-state index < -0.39 is 0 Å². The molecule has 2 atom stereocenters. The number of fused-ring (bicyclic) bond motifs is 3. The molecular formula is C11H11NO. The zero-order valence-electron chi connectivity index (χ0n) is 7.29. The second-order valence-corrected chi connectivity index (χ2v) is 3.89. The lowest BCUT2D eigenvalue weighted by Crippen LogP contribution is -2.26. The molecule has 1 aromatic carbocycles. The van der Waals surface area contributed by atoms with Crippen molar-refractivity contribution in [3.8, 4) is 0 Å². The number of hydrogen-bond acceptors (Lipinski definition) is 1. The summed E-state index contributed by atoms with van der Waals surface area (Å²) >= 11 is 0. The highest BCUT2D eigenvalue weighted by atomic mass is 16.2. The van der Waals surface area contributed by atoms with Crippen LogP contribution in [0.25, 0.3) is 0 Å². The van der Waals surface area contributed by atoms with Gasteiger partial charge in [-0.3, -0.25) is 4.79 Å². The summed E-state index contributed by atoms with van der Waals surface area (Å²) in [6.07, 6.45) is 1.70. The van der Waals surface area contributed by atoms with E-state index in [0.717, 1.165) is 6.42 Å². The Morgan fingerprint density at radius 3 is 3.00 bits per heavy atom. The van der Waals surface area contributed by atoms with E-state index in [0.29, 0.717) is 18.4 Å². The van der Waals surface area contributed by atoms with Crippen molar-refractivity contribution in [1.82, 2.24) is 5.32 Å². The Kier molecular flexibility index (Phi) is 1.29. The Hall–Kier alpha value is -1.31. The fraction of sp³-hybridized carbons (Fsp3) is 0.364. The van der Waals surface area contributed by atoms with Crippen molar-refractivity contribution >= 4 is 5.91 Å². The average molecular weight is 173 g/mol. The van der Waals surface area contributed by atoms with E-state index in [9.17, 15) is 4.79 Å². The quantitative estimate of drug-likeness (QED) is 0.628. The largest absolute Gasteiger partial charge is 0.352 e. The third kappa shape index (κ3) is 0.916. The molecule has 2 nitrogen and oxygen atoms in total. The van der Waals surface area contributed by atoms with Crippen molar-refractivity contribution < 1.29 is 4.79 Å². The highest BCUT2D eigenvalue weighted by Crippen LogP contribution is 2.38. The molecule has 13 heavy (non-hydrogen) atoms. The van der Waals surface area contributed by atoms with E-state index in [1.807, 2.05) is 0 Å². The van der Waals surface area contributed by atoms with Gasteiger partial charge in [-0.1, -0.05) is 24.3 Å². The van der Waals surface area contributed by atoms with Crippen molar-refractivity contribution in [2.75, 3.05) is 0 Å². The zero-order chi connectivity index (χ0) is 8.84. The first-order valence-electron chi connectivity index (χ1n) is 4.72. The van der Waals surface area contributed by atoms with E-state index in [1.54, 1.807) is 0 Å².